The maximum atomic E-state index is 11.3. The fourth-order valence-corrected chi connectivity index (χ4v) is 2.26. The molecule has 0 rings (SSSR count). The molecule has 2 N–H and O–H groups in total. The lowest BCUT2D eigenvalue weighted by atomic mass is 9.84. The van der Waals surface area contributed by atoms with Crippen molar-refractivity contribution in [3.05, 3.63) is 23.0 Å². The van der Waals surface area contributed by atoms with Gasteiger partial charge in [0.15, 0.2) is 14.6 Å². The highest BCUT2D eigenvalue weighted by molar-refractivity contribution is 7.53. The zero-order chi connectivity index (χ0) is 20.1. The number of methoxy groups -OCH3 is 2. The summed E-state index contributed by atoms with van der Waals surface area (Å²) in [5, 5.41) is 1.94. The molecule has 0 spiro atoms. The third-order valence-electron chi connectivity index (χ3n) is 3.09. The molecule has 0 aromatic heterocycles. The van der Waals surface area contributed by atoms with Gasteiger partial charge in [-0.2, -0.15) is 0 Å². The number of rotatable bonds is 13. The smallest absolute Gasteiger partial charge is 0.251 e. The Bertz CT molecular complexity index is 508. The molecule has 26 heavy (non-hydrogen) atoms. The first-order chi connectivity index (χ1) is 12.3. The van der Waals surface area contributed by atoms with Gasteiger partial charge in [-0.3, -0.25) is 14.9 Å². The quantitative estimate of drug-likeness (QED) is 0.139. The largest absolute Gasteiger partial charge is 0.382 e. The molecule has 12 heteroatoms. The van der Waals surface area contributed by atoms with Gasteiger partial charge in [0.25, 0.3) is 5.91 Å². The van der Waals surface area contributed by atoms with Crippen molar-refractivity contribution in [1.82, 2.24) is 10.2 Å². The van der Waals surface area contributed by atoms with Crippen LogP contribution in [-0.2, 0) is 28.3 Å². The Morgan fingerprint density at radius 3 is 2.38 bits per heavy atom. The standard InChI is InChI=1S/C14H23B2N2O7P/c1-18(6-5-11(20)17-9-19)12(8-23-3)25-10(7-22-2)13(15)14(16)26(21)24-4/h5-6,9-10,12,21H,7-8H2,1-4H3,(H,17,19,20)/b6-5-,14-13-/t10?,12-,26?/m1/s1. The molecule has 0 bridgehead atoms. The van der Waals surface area contributed by atoms with Crippen LogP contribution in [0.2, 0.25) is 0 Å². The molecule has 0 aromatic rings. The van der Waals surface area contributed by atoms with Crippen LogP contribution in [-0.4, -0.2) is 91.7 Å². The highest BCUT2D eigenvalue weighted by Gasteiger charge is 2.23. The van der Waals surface area contributed by atoms with Gasteiger partial charge in [0.2, 0.25) is 6.41 Å². The fourth-order valence-electron chi connectivity index (χ4n) is 1.70. The van der Waals surface area contributed by atoms with Crippen LogP contribution < -0.4 is 5.32 Å². The first-order valence-electron chi connectivity index (χ1n) is 7.38. The van der Waals surface area contributed by atoms with Crippen LogP contribution in [0.4, 0.5) is 0 Å². The van der Waals surface area contributed by atoms with Crippen molar-refractivity contribution in [2.24, 2.45) is 0 Å². The van der Waals surface area contributed by atoms with Gasteiger partial charge in [-0.15, -0.1) is 0 Å². The number of nitrogens with one attached hydrogen (secondary N) is 1. The number of likely N-dealkylation sites (N-methyl/N-ethyl adjacent to an activating group) is 1. The predicted octanol–water partition coefficient (Wildman–Crippen LogP) is -0.835. The van der Waals surface area contributed by atoms with E-state index in [1.807, 2.05) is 5.32 Å². The molecule has 0 saturated heterocycles. The third-order valence-corrected chi connectivity index (χ3v) is 4.10. The van der Waals surface area contributed by atoms with E-state index in [1.54, 1.807) is 7.05 Å². The second-order valence-electron chi connectivity index (χ2n) is 4.89. The van der Waals surface area contributed by atoms with Crippen LogP contribution in [0.1, 0.15) is 0 Å². The predicted molar refractivity (Wildman–Crippen MR) is 98.2 cm³/mol. The summed E-state index contributed by atoms with van der Waals surface area (Å²) in [5.74, 6) is -0.592. The molecule has 0 aliphatic heterocycles. The maximum absolute atomic E-state index is 11.3. The first kappa shape index (κ1) is 24.8. The lowest BCUT2D eigenvalue weighted by Crippen LogP contribution is -2.40. The van der Waals surface area contributed by atoms with Gasteiger partial charge in [-0.25, -0.2) is 0 Å². The topological polar surface area (TPSA) is 107 Å². The summed E-state index contributed by atoms with van der Waals surface area (Å²) in [6, 6.07) is 0. The van der Waals surface area contributed by atoms with Crippen LogP contribution in [0.3, 0.4) is 0 Å². The molecule has 2 amide bonds. The van der Waals surface area contributed by atoms with E-state index in [2.05, 4.69) is 0 Å². The first-order valence-corrected chi connectivity index (χ1v) is 8.59. The number of amides is 2. The van der Waals surface area contributed by atoms with Crippen LogP contribution >= 0.6 is 8.38 Å². The Kier molecular flexibility index (Phi) is 13.3. The average molecular weight is 384 g/mol. The van der Waals surface area contributed by atoms with Crippen LogP contribution in [0, 0.1) is 0 Å². The Balaban J connectivity index is 5.31. The molecule has 0 fully saturated rings. The van der Waals surface area contributed by atoms with Crippen molar-refractivity contribution in [1.29, 1.82) is 0 Å². The third kappa shape index (κ3) is 8.93. The van der Waals surface area contributed by atoms with E-state index in [0.717, 1.165) is 6.08 Å². The molecule has 0 aliphatic carbocycles. The highest BCUT2D eigenvalue weighted by atomic mass is 31.2. The van der Waals surface area contributed by atoms with Gasteiger partial charge in [-0.05, 0) is 0 Å². The zero-order valence-electron chi connectivity index (χ0n) is 15.2. The van der Waals surface area contributed by atoms with Crippen molar-refractivity contribution < 1.29 is 33.2 Å². The van der Waals surface area contributed by atoms with Gasteiger partial charge in [0.05, 0.1) is 19.3 Å². The summed E-state index contributed by atoms with van der Waals surface area (Å²) in [7, 11) is 15.6. The van der Waals surface area contributed by atoms with Gasteiger partial charge < -0.3 is 28.5 Å². The van der Waals surface area contributed by atoms with E-state index in [9.17, 15) is 14.5 Å². The minimum absolute atomic E-state index is 0.0377. The summed E-state index contributed by atoms with van der Waals surface area (Å²) in [5.41, 5.74) is 0.0690. The Hall–Kier alpha value is -1.22. The SMILES string of the molecule is [B]/C(=C(/[B])P(O)OC)C(COC)O[C@H](COC)N(C)/C=C\C(=O)NC=O. The highest BCUT2D eigenvalue weighted by Crippen LogP contribution is 2.40. The van der Waals surface area contributed by atoms with E-state index < -0.39 is 26.6 Å². The Labute approximate surface area is 157 Å². The molecule has 3 atom stereocenters. The van der Waals surface area contributed by atoms with Crippen LogP contribution in [0.25, 0.3) is 0 Å². The molecule has 0 aliphatic rings. The van der Waals surface area contributed by atoms with Crippen molar-refractivity contribution in [2.45, 2.75) is 12.3 Å². The van der Waals surface area contributed by atoms with Crippen LogP contribution in [0.5, 0.6) is 0 Å². The van der Waals surface area contributed by atoms with E-state index in [0.29, 0.717) is 0 Å². The van der Waals surface area contributed by atoms with Gasteiger partial charge in [-0.1, -0.05) is 10.7 Å². The number of carbonyl (C=O) groups excluding carboxylic acids is 2. The average Bonchev–Trinajstić information content (AvgIpc) is 2.63. The van der Waals surface area contributed by atoms with E-state index in [-0.39, 0.29) is 30.3 Å². The summed E-state index contributed by atoms with van der Waals surface area (Å²) in [6.45, 7) is 0.185. The number of hydrogen-bond acceptors (Lipinski definition) is 8. The number of nitrogens with zero attached hydrogens (tertiary/aromatic N) is 1. The molecule has 9 nitrogen and oxygen atoms in total. The molecule has 0 aromatic carbocycles. The normalized spacial score (nSPS) is 15.9. The number of imide groups is 1. The van der Waals surface area contributed by atoms with Crippen molar-refractivity contribution in [2.75, 3.05) is 41.6 Å². The van der Waals surface area contributed by atoms with E-state index in [4.69, 9.17) is 34.4 Å². The maximum Gasteiger partial charge on any atom is 0.251 e. The summed E-state index contributed by atoms with van der Waals surface area (Å²) < 4.78 is 20.9. The second kappa shape index (κ2) is 13.9. The van der Waals surface area contributed by atoms with Crippen molar-refractivity contribution in [3.63, 3.8) is 0 Å². The molecular weight excluding hydrogens is 361 g/mol. The zero-order valence-corrected chi connectivity index (χ0v) is 16.1. The van der Waals surface area contributed by atoms with Crippen molar-refractivity contribution in [3.8, 4) is 0 Å². The van der Waals surface area contributed by atoms with E-state index >= 15 is 0 Å². The van der Waals surface area contributed by atoms with E-state index in [1.165, 1.54) is 32.4 Å². The molecule has 2 unspecified atom stereocenters. The summed E-state index contributed by atoms with van der Waals surface area (Å²) in [4.78, 5) is 32.8. The minimum Gasteiger partial charge on any atom is -0.382 e. The number of hydrogen-bond donors (Lipinski definition) is 2. The lowest BCUT2D eigenvalue weighted by Gasteiger charge is -2.32. The van der Waals surface area contributed by atoms with Crippen molar-refractivity contribution >= 4 is 36.4 Å². The number of ether oxygens (including phenoxy) is 3. The monoisotopic (exact) mass is 384 g/mol. The second-order valence-corrected chi connectivity index (χ2v) is 6.29. The number of carbonyl (C=O) groups is 2. The fraction of sp³-hybridized carbons (Fsp3) is 0.571. The summed E-state index contributed by atoms with van der Waals surface area (Å²) in [6.07, 6.45) is 1.37. The van der Waals surface area contributed by atoms with Gasteiger partial charge in [0.1, 0.15) is 15.7 Å². The molecule has 0 heterocycles. The Morgan fingerprint density at radius 1 is 1.27 bits per heavy atom. The summed E-state index contributed by atoms with van der Waals surface area (Å²) >= 11 is 0. The van der Waals surface area contributed by atoms with Crippen LogP contribution in [0.15, 0.2) is 23.0 Å². The molecule has 142 valence electrons. The molecular formula is C14H23B2N2O7P. The lowest BCUT2D eigenvalue weighted by molar-refractivity contribution is -0.122. The van der Waals surface area contributed by atoms with Gasteiger partial charge in [0, 0.05) is 40.7 Å². The minimum atomic E-state index is -2.04. The molecule has 4 radical (unpaired) electrons. The molecule has 0 saturated carbocycles. The van der Waals surface area contributed by atoms with Gasteiger partial charge >= 0.3 is 0 Å². The Morgan fingerprint density at radius 2 is 1.88 bits per heavy atom.